The Kier molecular flexibility index (Phi) is 4.96. The van der Waals surface area contributed by atoms with Crippen molar-refractivity contribution in [2.75, 3.05) is 19.6 Å². The number of likely N-dealkylation sites (tertiary alicyclic amines) is 1. The van der Waals surface area contributed by atoms with Crippen LogP contribution in [0.25, 0.3) is 0 Å². The summed E-state index contributed by atoms with van der Waals surface area (Å²) in [6.07, 6.45) is 1.31. The summed E-state index contributed by atoms with van der Waals surface area (Å²) in [7, 11) is -3.58. The molecule has 0 saturated carbocycles. The van der Waals surface area contributed by atoms with Gasteiger partial charge < -0.3 is 15.0 Å². The minimum atomic E-state index is -3.58. The van der Waals surface area contributed by atoms with Crippen LogP contribution < -0.4 is 5.32 Å². The van der Waals surface area contributed by atoms with E-state index in [0.29, 0.717) is 37.0 Å². The van der Waals surface area contributed by atoms with Crippen LogP contribution in [0, 0.1) is 5.92 Å². The zero-order valence-electron chi connectivity index (χ0n) is 15.4. The highest BCUT2D eigenvalue weighted by atomic mass is 32.2. The molecule has 1 aromatic rings. The molecule has 0 aromatic heterocycles. The molecule has 0 aliphatic carbocycles. The molecule has 0 radical (unpaired) electrons. The van der Waals surface area contributed by atoms with Crippen LogP contribution in [0.3, 0.4) is 0 Å². The maximum absolute atomic E-state index is 12.2. The van der Waals surface area contributed by atoms with Crippen molar-refractivity contribution in [1.29, 1.82) is 0 Å². The molecule has 1 fully saturated rings. The predicted octanol–water partition coefficient (Wildman–Crippen LogP) is 2.37. The van der Waals surface area contributed by atoms with Gasteiger partial charge in [-0.15, -0.1) is 4.40 Å². The first kappa shape index (κ1) is 18.7. The number of ether oxygens (including phenoxy) is 1. The molecule has 1 saturated heterocycles. The number of fused-ring (bicyclic) bond motifs is 1. The summed E-state index contributed by atoms with van der Waals surface area (Å²) >= 11 is 0. The summed E-state index contributed by atoms with van der Waals surface area (Å²) < 4.78 is 33.6. The summed E-state index contributed by atoms with van der Waals surface area (Å²) in [4.78, 5) is 14.1. The van der Waals surface area contributed by atoms with E-state index in [1.807, 2.05) is 31.7 Å². The lowest BCUT2D eigenvalue weighted by atomic mass is 9.96. The minimum Gasteiger partial charge on any atom is -0.444 e. The van der Waals surface area contributed by atoms with Gasteiger partial charge in [0.1, 0.15) is 10.5 Å². The molecule has 3 rings (SSSR count). The molecule has 0 atom stereocenters. The number of nitrogens with zero attached hydrogens (tertiary/aromatic N) is 2. The number of benzene rings is 1. The molecule has 2 heterocycles. The highest BCUT2D eigenvalue weighted by molar-refractivity contribution is 7.90. The van der Waals surface area contributed by atoms with Crippen molar-refractivity contribution in [1.82, 2.24) is 10.2 Å². The van der Waals surface area contributed by atoms with Crippen molar-refractivity contribution >= 4 is 22.0 Å². The molecule has 1 amide bonds. The Hall–Kier alpha value is -2.09. The number of carbonyl (C=O) groups is 1. The highest BCUT2D eigenvalue weighted by Gasteiger charge is 2.33. The molecule has 26 heavy (non-hydrogen) atoms. The molecule has 142 valence electrons. The zero-order valence-corrected chi connectivity index (χ0v) is 16.2. The fourth-order valence-electron chi connectivity index (χ4n) is 3.21. The first-order chi connectivity index (χ1) is 12.2. The van der Waals surface area contributed by atoms with E-state index >= 15 is 0 Å². The summed E-state index contributed by atoms with van der Waals surface area (Å²) in [5.41, 5.74) is 0.172. The number of carbonyl (C=O) groups excluding carboxylic acids is 1. The average molecular weight is 379 g/mol. The van der Waals surface area contributed by atoms with Gasteiger partial charge in [-0.2, -0.15) is 8.42 Å². The van der Waals surface area contributed by atoms with Crippen molar-refractivity contribution in [2.45, 2.75) is 44.1 Å². The van der Waals surface area contributed by atoms with Crippen molar-refractivity contribution < 1.29 is 17.9 Å². The van der Waals surface area contributed by atoms with Crippen LogP contribution >= 0.6 is 0 Å². The topological polar surface area (TPSA) is 88.1 Å². The fraction of sp³-hybridized carbons (Fsp3) is 0.556. The van der Waals surface area contributed by atoms with Crippen LogP contribution in [0.1, 0.15) is 39.2 Å². The van der Waals surface area contributed by atoms with Crippen molar-refractivity contribution in [3.05, 3.63) is 29.8 Å². The van der Waals surface area contributed by atoms with Crippen molar-refractivity contribution in [3.8, 4) is 0 Å². The number of alkyl carbamates (subject to hydrolysis) is 1. The molecule has 2 aliphatic rings. The molecule has 0 spiro atoms. The van der Waals surface area contributed by atoms with E-state index in [9.17, 15) is 13.2 Å². The molecule has 2 aliphatic heterocycles. The summed E-state index contributed by atoms with van der Waals surface area (Å²) in [6.45, 7) is 7.48. The van der Waals surface area contributed by atoms with Crippen molar-refractivity contribution in [3.63, 3.8) is 0 Å². The third-order valence-corrected chi connectivity index (χ3v) is 5.79. The van der Waals surface area contributed by atoms with E-state index in [2.05, 4.69) is 9.71 Å². The van der Waals surface area contributed by atoms with Gasteiger partial charge >= 0.3 is 6.09 Å². The second-order valence-corrected chi connectivity index (χ2v) is 9.27. The number of amides is 1. The maximum Gasteiger partial charge on any atom is 0.407 e. The maximum atomic E-state index is 12.2. The van der Waals surface area contributed by atoms with Gasteiger partial charge in [-0.25, -0.2) is 4.79 Å². The predicted molar refractivity (Wildman–Crippen MR) is 98.7 cm³/mol. The number of nitrogens with one attached hydrogen (secondary N) is 1. The largest absolute Gasteiger partial charge is 0.444 e. The van der Waals surface area contributed by atoms with Crippen molar-refractivity contribution in [2.24, 2.45) is 10.3 Å². The first-order valence-corrected chi connectivity index (χ1v) is 10.3. The standard InChI is InChI=1S/C18H25N3O4S/c1-18(2,3)25-17(22)19-12-13-8-10-21(11-9-13)16-14-6-4-5-7-15(14)26(23,24)20-16/h4-7,13H,8-12H2,1-3H3,(H,19,22). The van der Waals surface area contributed by atoms with Gasteiger partial charge in [0.25, 0.3) is 10.0 Å². The molecule has 0 bridgehead atoms. The quantitative estimate of drug-likeness (QED) is 0.852. The molecule has 1 aromatic carbocycles. The summed E-state index contributed by atoms with van der Waals surface area (Å²) in [6, 6.07) is 6.93. The van der Waals surface area contributed by atoms with Gasteiger partial charge in [-0.1, -0.05) is 12.1 Å². The van der Waals surface area contributed by atoms with E-state index in [-0.39, 0.29) is 4.90 Å². The lowest BCUT2D eigenvalue weighted by Crippen LogP contribution is -2.42. The number of piperidine rings is 1. The SMILES string of the molecule is CC(C)(C)OC(=O)NCC1CCN(C2=NS(=O)(=O)c3ccccc32)CC1. The van der Waals surface area contributed by atoms with Crippen LogP contribution in [0.4, 0.5) is 4.79 Å². The zero-order chi connectivity index (χ0) is 18.9. The van der Waals surface area contributed by atoms with E-state index < -0.39 is 21.7 Å². The van der Waals surface area contributed by atoms with Gasteiger partial charge in [-0.3, -0.25) is 0 Å². The number of hydrogen-bond donors (Lipinski definition) is 1. The number of hydrogen-bond acceptors (Lipinski definition) is 5. The van der Waals surface area contributed by atoms with Crippen LogP contribution in [-0.4, -0.2) is 50.5 Å². The third-order valence-electron chi connectivity index (χ3n) is 4.46. The molecular formula is C18H25N3O4S. The molecule has 1 N–H and O–H groups in total. The van der Waals surface area contributed by atoms with Crippen LogP contribution in [0.15, 0.2) is 33.6 Å². The molecule has 0 unspecified atom stereocenters. The smallest absolute Gasteiger partial charge is 0.407 e. The molecular weight excluding hydrogens is 354 g/mol. The van der Waals surface area contributed by atoms with E-state index in [1.54, 1.807) is 18.2 Å². The second kappa shape index (κ2) is 6.90. The van der Waals surface area contributed by atoms with Gasteiger partial charge in [0.05, 0.1) is 0 Å². The second-order valence-electron chi connectivity index (χ2n) is 7.70. The number of rotatable bonds is 2. The van der Waals surface area contributed by atoms with Gasteiger partial charge in [0.15, 0.2) is 5.84 Å². The summed E-state index contributed by atoms with van der Waals surface area (Å²) in [5, 5.41) is 2.82. The lowest BCUT2D eigenvalue weighted by molar-refractivity contribution is 0.0513. The average Bonchev–Trinajstić information content (AvgIpc) is 2.84. The molecule has 8 heteroatoms. The Morgan fingerprint density at radius 1 is 1.27 bits per heavy atom. The van der Waals surface area contributed by atoms with E-state index in [1.165, 1.54) is 0 Å². The highest BCUT2D eigenvalue weighted by Crippen LogP contribution is 2.29. The Balaban J connectivity index is 1.56. The molecule has 7 nitrogen and oxygen atoms in total. The van der Waals surface area contributed by atoms with Crippen LogP contribution in [0.5, 0.6) is 0 Å². The number of amidine groups is 1. The fourth-order valence-corrected chi connectivity index (χ4v) is 4.43. The van der Waals surface area contributed by atoms with Gasteiger partial charge in [0.2, 0.25) is 0 Å². The van der Waals surface area contributed by atoms with Crippen LogP contribution in [-0.2, 0) is 14.8 Å². The van der Waals surface area contributed by atoms with E-state index in [4.69, 9.17) is 4.74 Å². The Bertz CT molecular complexity index is 819. The Morgan fingerprint density at radius 2 is 1.92 bits per heavy atom. The van der Waals surface area contributed by atoms with Gasteiger partial charge in [-0.05, 0) is 51.7 Å². The number of sulfonamides is 1. The Morgan fingerprint density at radius 3 is 2.58 bits per heavy atom. The lowest BCUT2D eigenvalue weighted by Gasteiger charge is -2.33. The minimum absolute atomic E-state index is 0.281. The first-order valence-electron chi connectivity index (χ1n) is 8.82. The van der Waals surface area contributed by atoms with Gasteiger partial charge in [0, 0.05) is 25.2 Å². The summed E-state index contributed by atoms with van der Waals surface area (Å²) in [5.74, 6) is 0.881. The van der Waals surface area contributed by atoms with E-state index in [0.717, 1.165) is 12.8 Å². The normalized spacial score (nSPS) is 19.7. The Labute approximate surface area is 154 Å². The monoisotopic (exact) mass is 379 g/mol. The van der Waals surface area contributed by atoms with Crippen LogP contribution in [0.2, 0.25) is 0 Å². The third kappa shape index (κ3) is 4.17.